The van der Waals surface area contributed by atoms with E-state index in [4.69, 9.17) is 4.74 Å². The average molecular weight is 230 g/mol. The lowest BCUT2D eigenvalue weighted by Crippen LogP contribution is -2.52. The molecular weight excluding hydrogens is 211 g/mol. The molecule has 0 aromatic carbocycles. The highest BCUT2D eigenvalue weighted by Gasteiger charge is 2.34. The SMILES string of the molecule is CO[C@H]1CCN(C(=O)C2CCCN2)C[C@H]1F. The number of carbonyl (C=O) groups excluding carboxylic acids is 1. The molecule has 5 heteroatoms. The van der Waals surface area contributed by atoms with E-state index >= 15 is 0 Å². The van der Waals surface area contributed by atoms with Crippen molar-refractivity contribution in [2.75, 3.05) is 26.7 Å². The number of alkyl halides is 1. The predicted molar refractivity (Wildman–Crippen MR) is 57.9 cm³/mol. The van der Waals surface area contributed by atoms with Crippen molar-refractivity contribution in [3.05, 3.63) is 0 Å². The van der Waals surface area contributed by atoms with Crippen LogP contribution in [0.2, 0.25) is 0 Å². The van der Waals surface area contributed by atoms with Crippen LogP contribution in [-0.4, -0.2) is 55.9 Å². The molecule has 2 fully saturated rings. The summed E-state index contributed by atoms with van der Waals surface area (Å²) in [6, 6.07) is -0.0914. The first kappa shape index (κ1) is 11.8. The number of rotatable bonds is 2. The molecule has 2 rings (SSSR count). The van der Waals surface area contributed by atoms with Crippen LogP contribution in [0.15, 0.2) is 0 Å². The second-order valence-electron chi connectivity index (χ2n) is 4.51. The van der Waals surface area contributed by atoms with E-state index in [1.807, 2.05) is 0 Å². The molecule has 92 valence electrons. The van der Waals surface area contributed by atoms with Gasteiger partial charge in [-0.25, -0.2) is 4.39 Å². The third-order valence-corrected chi connectivity index (χ3v) is 3.45. The number of hydrogen-bond donors (Lipinski definition) is 1. The fraction of sp³-hybridized carbons (Fsp3) is 0.909. The molecule has 0 radical (unpaired) electrons. The summed E-state index contributed by atoms with van der Waals surface area (Å²) in [5.74, 6) is 0.0507. The third-order valence-electron chi connectivity index (χ3n) is 3.45. The summed E-state index contributed by atoms with van der Waals surface area (Å²) in [7, 11) is 1.52. The van der Waals surface area contributed by atoms with E-state index in [1.54, 1.807) is 4.90 Å². The number of ether oxygens (including phenoxy) is 1. The van der Waals surface area contributed by atoms with Crippen molar-refractivity contribution in [2.45, 2.75) is 37.6 Å². The molecule has 0 aliphatic carbocycles. The fourth-order valence-corrected chi connectivity index (χ4v) is 2.46. The lowest BCUT2D eigenvalue weighted by Gasteiger charge is -2.35. The van der Waals surface area contributed by atoms with Gasteiger partial charge in [-0.05, 0) is 25.8 Å². The molecule has 2 aliphatic heterocycles. The normalized spacial score (nSPS) is 35.4. The Morgan fingerprint density at radius 3 is 2.88 bits per heavy atom. The van der Waals surface area contributed by atoms with E-state index < -0.39 is 6.17 Å². The minimum atomic E-state index is -1.05. The summed E-state index contributed by atoms with van der Waals surface area (Å²) in [6.45, 7) is 1.68. The summed E-state index contributed by atoms with van der Waals surface area (Å²) in [6.07, 6.45) is 1.10. The lowest BCUT2D eigenvalue weighted by atomic mass is 10.0. The molecule has 1 N–H and O–H groups in total. The van der Waals surface area contributed by atoms with Gasteiger partial charge in [0.15, 0.2) is 0 Å². The molecule has 1 unspecified atom stereocenters. The molecule has 2 aliphatic rings. The number of nitrogens with zero attached hydrogens (tertiary/aromatic N) is 1. The van der Waals surface area contributed by atoms with Gasteiger partial charge in [0.05, 0.1) is 18.7 Å². The van der Waals surface area contributed by atoms with Crippen LogP contribution >= 0.6 is 0 Å². The van der Waals surface area contributed by atoms with Gasteiger partial charge >= 0.3 is 0 Å². The third kappa shape index (κ3) is 2.35. The number of methoxy groups -OCH3 is 1. The van der Waals surface area contributed by atoms with Gasteiger partial charge in [-0.15, -0.1) is 0 Å². The van der Waals surface area contributed by atoms with Crippen molar-refractivity contribution >= 4 is 5.91 Å². The monoisotopic (exact) mass is 230 g/mol. The van der Waals surface area contributed by atoms with Crippen molar-refractivity contribution in [3.8, 4) is 0 Å². The maximum Gasteiger partial charge on any atom is 0.239 e. The molecule has 2 saturated heterocycles. The lowest BCUT2D eigenvalue weighted by molar-refractivity contribution is -0.138. The largest absolute Gasteiger partial charge is 0.378 e. The Bertz CT molecular complexity index is 256. The van der Waals surface area contributed by atoms with Gasteiger partial charge in [-0.1, -0.05) is 0 Å². The maximum absolute atomic E-state index is 13.6. The van der Waals surface area contributed by atoms with E-state index in [0.29, 0.717) is 13.0 Å². The van der Waals surface area contributed by atoms with Gasteiger partial charge in [-0.3, -0.25) is 4.79 Å². The Kier molecular flexibility index (Phi) is 3.76. The summed E-state index contributed by atoms with van der Waals surface area (Å²) < 4.78 is 18.6. The minimum Gasteiger partial charge on any atom is -0.378 e. The second-order valence-corrected chi connectivity index (χ2v) is 4.51. The van der Waals surface area contributed by atoms with Crippen LogP contribution in [0.25, 0.3) is 0 Å². The Balaban J connectivity index is 1.88. The number of piperidine rings is 1. The summed E-state index contributed by atoms with van der Waals surface area (Å²) in [5, 5.41) is 3.15. The van der Waals surface area contributed by atoms with Gasteiger partial charge in [0.2, 0.25) is 5.91 Å². The van der Waals surface area contributed by atoms with E-state index in [1.165, 1.54) is 7.11 Å². The second kappa shape index (κ2) is 5.10. The molecule has 0 aromatic heterocycles. The molecule has 1 amide bonds. The molecular formula is C11H19FN2O2. The van der Waals surface area contributed by atoms with Gasteiger partial charge < -0.3 is 15.0 Å². The molecule has 0 bridgehead atoms. The first-order chi connectivity index (χ1) is 7.72. The first-order valence-corrected chi connectivity index (χ1v) is 5.91. The number of amides is 1. The van der Waals surface area contributed by atoms with E-state index in [9.17, 15) is 9.18 Å². The highest BCUT2D eigenvalue weighted by Crippen LogP contribution is 2.19. The highest BCUT2D eigenvalue weighted by atomic mass is 19.1. The van der Waals surface area contributed by atoms with Gasteiger partial charge in [0.25, 0.3) is 0 Å². The van der Waals surface area contributed by atoms with Crippen molar-refractivity contribution < 1.29 is 13.9 Å². The van der Waals surface area contributed by atoms with Crippen LogP contribution in [0.5, 0.6) is 0 Å². The summed E-state index contributed by atoms with van der Waals surface area (Å²) in [5.41, 5.74) is 0. The minimum absolute atomic E-state index is 0.0507. The quantitative estimate of drug-likeness (QED) is 0.743. The van der Waals surface area contributed by atoms with Crippen LogP contribution in [0.1, 0.15) is 19.3 Å². The van der Waals surface area contributed by atoms with E-state index in [-0.39, 0.29) is 24.6 Å². The van der Waals surface area contributed by atoms with Crippen molar-refractivity contribution in [3.63, 3.8) is 0 Å². The molecule has 0 spiro atoms. The Morgan fingerprint density at radius 2 is 2.31 bits per heavy atom. The van der Waals surface area contributed by atoms with Gasteiger partial charge in [-0.2, -0.15) is 0 Å². The standard InChI is InChI=1S/C11H19FN2O2/c1-16-10-4-6-14(7-8(10)12)11(15)9-3-2-5-13-9/h8-10,13H,2-7H2,1H3/t8-,9?,10+/m1/s1. The van der Waals surface area contributed by atoms with Crippen LogP contribution in [0.3, 0.4) is 0 Å². The van der Waals surface area contributed by atoms with E-state index in [2.05, 4.69) is 5.32 Å². The Morgan fingerprint density at radius 1 is 1.50 bits per heavy atom. The molecule has 4 nitrogen and oxygen atoms in total. The number of hydrogen-bond acceptors (Lipinski definition) is 3. The zero-order chi connectivity index (χ0) is 11.5. The molecule has 16 heavy (non-hydrogen) atoms. The molecule has 0 saturated carbocycles. The zero-order valence-electron chi connectivity index (χ0n) is 9.62. The van der Waals surface area contributed by atoms with Gasteiger partial charge in [0, 0.05) is 13.7 Å². The maximum atomic E-state index is 13.6. The number of carbonyl (C=O) groups is 1. The average Bonchev–Trinajstić information content (AvgIpc) is 2.81. The van der Waals surface area contributed by atoms with Crippen LogP contribution in [-0.2, 0) is 9.53 Å². The Labute approximate surface area is 95.1 Å². The van der Waals surface area contributed by atoms with Crippen molar-refractivity contribution in [1.82, 2.24) is 10.2 Å². The smallest absolute Gasteiger partial charge is 0.239 e. The summed E-state index contributed by atoms with van der Waals surface area (Å²) >= 11 is 0. The fourth-order valence-electron chi connectivity index (χ4n) is 2.46. The number of halogens is 1. The van der Waals surface area contributed by atoms with Crippen LogP contribution in [0.4, 0.5) is 4.39 Å². The first-order valence-electron chi connectivity index (χ1n) is 5.91. The number of likely N-dealkylation sites (tertiary alicyclic amines) is 1. The van der Waals surface area contributed by atoms with Crippen molar-refractivity contribution in [1.29, 1.82) is 0 Å². The predicted octanol–water partition coefficient (Wildman–Crippen LogP) is 0.324. The van der Waals surface area contributed by atoms with Crippen LogP contribution < -0.4 is 5.32 Å². The molecule has 0 aromatic rings. The highest BCUT2D eigenvalue weighted by molar-refractivity contribution is 5.82. The topological polar surface area (TPSA) is 41.6 Å². The van der Waals surface area contributed by atoms with Crippen molar-refractivity contribution in [2.24, 2.45) is 0 Å². The van der Waals surface area contributed by atoms with E-state index in [0.717, 1.165) is 19.4 Å². The van der Waals surface area contributed by atoms with Crippen LogP contribution in [0, 0.1) is 0 Å². The zero-order valence-corrected chi connectivity index (χ0v) is 9.62. The molecule has 2 heterocycles. The summed E-state index contributed by atoms with van der Waals surface area (Å²) in [4.78, 5) is 13.6. The van der Waals surface area contributed by atoms with Gasteiger partial charge in [0.1, 0.15) is 6.17 Å². The number of nitrogens with one attached hydrogen (secondary N) is 1. The Hall–Kier alpha value is -0.680. The molecule has 3 atom stereocenters.